The van der Waals surface area contributed by atoms with Gasteiger partial charge in [0.1, 0.15) is 5.56 Å². The van der Waals surface area contributed by atoms with Crippen molar-refractivity contribution in [2.45, 2.75) is 0 Å². The molecule has 3 aromatic rings. The molecule has 0 aliphatic heterocycles. The number of carbonyl (C=O) groups is 1. The Balaban J connectivity index is 2.01. The van der Waals surface area contributed by atoms with Gasteiger partial charge in [0, 0.05) is 28.7 Å². The second kappa shape index (κ2) is 8.34. The van der Waals surface area contributed by atoms with E-state index in [1.807, 2.05) is 18.2 Å². The minimum absolute atomic E-state index is 0.115. The fourth-order valence-corrected chi connectivity index (χ4v) is 3.45. The van der Waals surface area contributed by atoms with E-state index in [1.165, 1.54) is 20.2 Å². The van der Waals surface area contributed by atoms with Gasteiger partial charge in [-0.3, -0.25) is 9.59 Å². The van der Waals surface area contributed by atoms with Crippen LogP contribution in [0.3, 0.4) is 0 Å². The number of carbonyl (C=O) groups excluding carboxylic acids is 1. The quantitative estimate of drug-likeness (QED) is 0.580. The molecule has 1 amide bonds. The Morgan fingerprint density at radius 3 is 2.46 bits per heavy atom. The number of hydrogen-bond acceptors (Lipinski definition) is 4. The van der Waals surface area contributed by atoms with Crippen molar-refractivity contribution in [3.63, 3.8) is 0 Å². The number of amides is 1. The molecule has 0 saturated carbocycles. The summed E-state index contributed by atoms with van der Waals surface area (Å²) < 4.78 is 6.78. The average Bonchev–Trinajstić information content (AvgIpc) is 2.68. The maximum atomic E-state index is 12.7. The third kappa shape index (κ3) is 3.92. The van der Waals surface area contributed by atoms with Gasteiger partial charge >= 0.3 is 0 Å². The average molecular weight is 483 g/mol. The molecule has 0 atom stereocenters. The van der Waals surface area contributed by atoms with Gasteiger partial charge in [0.05, 0.1) is 22.8 Å². The van der Waals surface area contributed by atoms with Crippen LogP contribution in [0.2, 0.25) is 10.0 Å². The zero-order valence-electron chi connectivity index (χ0n) is 14.8. The highest BCUT2D eigenvalue weighted by molar-refractivity contribution is 9.10. The van der Waals surface area contributed by atoms with E-state index in [2.05, 4.69) is 26.3 Å². The number of rotatable bonds is 4. The summed E-state index contributed by atoms with van der Waals surface area (Å²) in [5, 5.41) is 7.36. The van der Waals surface area contributed by atoms with Gasteiger partial charge in [0.15, 0.2) is 0 Å². The number of aromatic nitrogens is 2. The molecule has 1 heterocycles. The molecule has 0 fully saturated rings. The molecule has 9 heteroatoms. The molecular weight excluding hydrogens is 469 g/mol. The maximum Gasteiger partial charge on any atom is 0.279 e. The molecule has 28 heavy (non-hydrogen) atoms. The van der Waals surface area contributed by atoms with Crippen molar-refractivity contribution < 1.29 is 9.53 Å². The summed E-state index contributed by atoms with van der Waals surface area (Å²) in [6.45, 7) is 0. The van der Waals surface area contributed by atoms with Crippen LogP contribution in [0.5, 0.6) is 5.88 Å². The van der Waals surface area contributed by atoms with Crippen LogP contribution in [-0.4, -0.2) is 22.8 Å². The van der Waals surface area contributed by atoms with Crippen LogP contribution < -0.4 is 15.6 Å². The molecule has 0 radical (unpaired) electrons. The molecular formula is C19H14BrCl2N3O3. The number of anilines is 1. The summed E-state index contributed by atoms with van der Waals surface area (Å²) in [6.07, 6.45) is 0. The van der Waals surface area contributed by atoms with Crippen molar-refractivity contribution in [1.29, 1.82) is 0 Å². The third-order valence-electron chi connectivity index (χ3n) is 3.98. The number of benzene rings is 2. The molecule has 0 spiro atoms. The van der Waals surface area contributed by atoms with Gasteiger partial charge in [-0.25, -0.2) is 4.68 Å². The highest BCUT2D eigenvalue weighted by atomic mass is 79.9. The van der Waals surface area contributed by atoms with Crippen molar-refractivity contribution >= 4 is 50.7 Å². The normalized spacial score (nSPS) is 10.6. The smallest absolute Gasteiger partial charge is 0.279 e. The first kappa shape index (κ1) is 20.4. The summed E-state index contributed by atoms with van der Waals surface area (Å²) in [6, 6.07) is 11.9. The van der Waals surface area contributed by atoms with E-state index in [0.717, 1.165) is 9.15 Å². The van der Waals surface area contributed by atoms with Crippen LogP contribution >= 0.6 is 39.1 Å². The van der Waals surface area contributed by atoms with Crippen LogP contribution in [0.15, 0.2) is 51.7 Å². The van der Waals surface area contributed by atoms with Gasteiger partial charge in [0.25, 0.3) is 11.5 Å². The Morgan fingerprint density at radius 1 is 1.14 bits per heavy atom. The topological polar surface area (TPSA) is 73.2 Å². The minimum Gasteiger partial charge on any atom is -0.480 e. The maximum absolute atomic E-state index is 12.7. The molecule has 1 aromatic heterocycles. The van der Waals surface area contributed by atoms with E-state index in [9.17, 15) is 9.59 Å². The van der Waals surface area contributed by atoms with Gasteiger partial charge in [-0.1, -0.05) is 47.5 Å². The fraction of sp³-hybridized carbons (Fsp3) is 0.105. The lowest BCUT2D eigenvalue weighted by Gasteiger charge is -2.13. The summed E-state index contributed by atoms with van der Waals surface area (Å²) >= 11 is 16.3. The van der Waals surface area contributed by atoms with E-state index in [1.54, 1.807) is 18.2 Å². The zero-order chi connectivity index (χ0) is 20.4. The van der Waals surface area contributed by atoms with Crippen LogP contribution in [0, 0.1) is 0 Å². The lowest BCUT2D eigenvalue weighted by molar-refractivity contribution is 0.102. The van der Waals surface area contributed by atoms with Gasteiger partial charge in [-0.15, -0.1) is 5.10 Å². The van der Waals surface area contributed by atoms with E-state index >= 15 is 0 Å². The number of aryl methyl sites for hydroxylation is 1. The van der Waals surface area contributed by atoms with Crippen LogP contribution in [0.25, 0.3) is 11.1 Å². The van der Waals surface area contributed by atoms with Gasteiger partial charge in [-0.05, 0) is 28.1 Å². The van der Waals surface area contributed by atoms with Crippen LogP contribution in [0.1, 0.15) is 10.4 Å². The molecule has 0 aliphatic carbocycles. The molecule has 3 rings (SSSR count). The number of hydrogen-bond donors (Lipinski definition) is 1. The van der Waals surface area contributed by atoms with E-state index < -0.39 is 11.5 Å². The largest absolute Gasteiger partial charge is 0.480 e. The highest BCUT2D eigenvalue weighted by Gasteiger charge is 2.18. The van der Waals surface area contributed by atoms with Crippen molar-refractivity contribution in [2.75, 3.05) is 12.4 Å². The first-order valence-electron chi connectivity index (χ1n) is 8.00. The predicted octanol–water partition coefficient (Wildman–Crippen LogP) is 4.78. The molecule has 0 bridgehead atoms. The van der Waals surface area contributed by atoms with E-state index in [-0.39, 0.29) is 11.4 Å². The second-order valence-electron chi connectivity index (χ2n) is 5.75. The van der Waals surface area contributed by atoms with Gasteiger partial charge in [-0.2, -0.15) is 0 Å². The summed E-state index contributed by atoms with van der Waals surface area (Å²) in [5.74, 6) is -0.478. The summed E-state index contributed by atoms with van der Waals surface area (Å²) in [4.78, 5) is 24.9. The molecule has 144 valence electrons. The Kier molecular flexibility index (Phi) is 6.07. The highest BCUT2D eigenvalue weighted by Crippen LogP contribution is 2.39. The fourth-order valence-electron chi connectivity index (χ4n) is 2.58. The summed E-state index contributed by atoms with van der Waals surface area (Å²) in [7, 11) is 2.83. The van der Waals surface area contributed by atoms with Gasteiger partial charge in [0.2, 0.25) is 5.88 Å². The molecule has 1 N–H and O–H groups in total. The lowest BCUT2D eigenvalue weighted by atomic mass is 10.0. The standard InChI is InChI=1S/C19H14BrCl2N3O3/c1-25-19(27)12(9-15(24-25)28-2)18(26)23-14-8-4-6-11(17(14)22)10-5-3-7-13(20)16(10)21/h3-9H,1-2H3,(H,23,26). The Morgan fingerprint density at radius 2 is 1.79 bits per heavy atom. The second-order valence-corrected chi connectivity index (χ2v) is 7.36. The number of halogens is 3. The van der Waals surface area contributed by atoms with E-state index in [0.29, 0.717) is 26.9 Å². The Labute approximate surface area is 179 Å². The van der Waals surface area contributed by atoms with E-state index in [4.69, 9.17) is 27.9 Å². The summed E-state index contributed by atoms with van der Waals surface area (Å²) in [5.41, 5.74) is 1.03. The van der Waals surface area contributed by atoms with Crippen molar-refractivity contribution in [1.82, 2.24) is 9.78 Å². The first-order chi connectivity index (χ1) is 13.3. The zero-order valence-corrected chi connectivity index (χ0v) is 17.9. The predicted molar refractivity (Wildman–Crippen MR) is 114 cm³/mol. The third-order valence-corrected chi connectivity index (χ3v) is 5.69. The molecule has 2 aromatic carbocycles. The number of nitrogens with zero attached hydrogens (tertiary/aromatic N) is 2. The minimum atomic E-state index is -0.624. The number of ether oxygens (including phenoxy) is 1. The van der Waals surface area contributed by atoms with Crippen molar-refractivity contribution in [3.8, 4) is 17.0 Å². The Bertz CT molecular complexity index is 1130. The number of methoxy groups -OCH3 is 1. The molecule has 0 aliphatic rings. The molecule has 6 nitrogen and oxygen atoms in total. The molecule has 0 unspecified atom stereocenters. The Hall–Kier alpha value is -2.35. The first-order valence-corrected chi connectivity index (χ1v) is 9.55. The SMILES string of the molecule is COc1cc(C(=O)Nc2cccc(-c3cccc(Br)c3Cl)c2Cl)c(=O)n(C)n1. The monoisotopic (exact) mass is 481 g/mol. The van der Waals surface area contributed by atoms with Crippen LogP contribution in [-0.2, 0) is 7.05 Å². The van der Waals surface area contributed by atoms with Crippen molar-refractivity contribution in [2.24, 2.45) is 7.05 Å². The molecule has 0 saturated heterocycles. The van der Waals surface area contributed by atoms with Crippen LogP contribution in [0.4, 0.5) is 5.69 Å². The van der Waals surface area contributed by atoms with Gasteiger partial charge < -0.3 is 10.1 Å². The lowest BCUT2D eigenvalue weighted by Crippen LogP contribution is -2.29. The number of nitrogens with one attached hydrogen (secondary N) is 1. The van der Waals surface area contributed by atoms with Crippen molar-refractivity contribution in [3.05, 3.63) is 72.9 Å².